The predicted molar refractivity (Wildman–Crippen MR) is 92.0 cm³/mol. The Morgan fingerprint density at radius 3 is 2.58 bits per heavy atom. The van der Waals surface area contributed by atoms with Gasteiger partial charge in [0, 0.05) is 42.5 Å². The van der Waals surface area contributed by atoms with Crippen LogP contribution in [-0.4, -0.2) is 40.8 Å². The summed E-state index contributed by atoms with van der Waals surface area (Å²) in [5.74, 6) is 0.0974. The molecular weight excluding hydrogens is 322 g/mol. The SMILES string of the molecule is O=C(NC1CC12CCN(C(=O)c1ccsc1)CC2)c1ccncc1. The molecule has 1 unspecified atom stereocenters. The first-order valence-corrected chi connectivity index (χ1v) is 9.15. The van der Waals surface area contributed by atoms with E-state index < -0.39 is 0 Å². The maximum atomic E-state index is 12.4. The van der Waals surface area contributed by atoms with Crippen LogP contribution in [0.25, 0.3) is 0 Å². The van der Waals surface area contributed by atoms with E-state index in [1.54, 1.807) is 35.9 Å². The van der Waals surface area contributed by atoms with Crippen molar-refractivity contribution in [2.45, 2.75) is 25.3 Å². The van der Waals surface area contributed by atoms with Crippen LogP contribution in [0.5, 0.6) is 0 Å². The summed E-state index contributed by atoms with van der Waals surface area (Å²) in [5.41, 5.74) is 1.63. The highest BCUT2D eigenvalue weighted by atomic mass is 32.1. The Balaban J connectivity index is 1.32. The number of nitrogens with one attached hydrogen (secondary N) is 1. The first kappa shape index (κ1) is 15.3. The number of likely N-dealkylation sites (tertiary alicyclic amines) is 1. The molecule has 3 heterocycles. The number of amides is 2. The average Bonchev–Trinajstić information content (AvgIpc) is 3.03. The van der Waals surface area contributed by atoms with Crippen LogP contribution < -0.4 is 5.32 Å². The molecule has 1 aliphatic carbocycles. The van der Waals surface area contributed by atoms with E-state index in [4.69, 9.17) is 0 Å². The van der Waals surface area contributed by atoms with Gasteiger partial charge in [0.15, 0.2) is 0 Å². The zero-order valence-electron chi connectivity index (χ0n) is 13.3. The van der Waals surface area contributed by atoms with E-state index >= 15 is 0 Å². The van der Waals surface area contributed by atoms with Gasteiger partial charge in [0.25, 0.3) is 11.8 Å². The molecule has 124 valence electrons. The molecule has 2 aromatic heterocycles. The number of pyridine rings is 1. The fourth-order valence-corrected chi connectivity index (χ4v) is 4.20. The van der Waals surface area contributed by atoms with Crippen LogP contribution in [0.2, 0.25) is 0 Å². The van der Waals surface area contributed by atoms with E-state index in [1.807, 2.05) is 21.7 Å². The maximum Gasteiger partial charge on any atom is 0.254 e. The molecule has 0 aromatic carbocycles. The third-order valence-electron chi connectivity index (χ3n) is 5.25. The minimum Gasteiger partial charge on any atom is -0.349 e. The van der Waals surface area contributed by atoms with Crippen molar-refractivity contribution in [3.8, 4) is 0 Å². The number of rotatable bonds is 3. The molecule has 4 rings (SSSR count). The van der Waals surface area contributed by atoms with Crippen molar-refractivity contribution in [3.05, 3.63) is 52.5 Å². The van der Waals surface area contributed by atoms with Crippen molar-refractivity contribution < 1.29 is 9.59 Å². The van der Waals surface area contributed by atoms with Gasteiger partial charge in [-0.2, -0.15) is 11.3 Å². The van der Waals surface area contributed by atoms with Gasteiger partial charge in [-0.05, 0) is 48.3 Å². The lowest BCUT2D eigenvalue weighted by Gasteiger charge is -2.32. The summed E-state index contributed by atoms with van der Waals surface area (Å²) in [6, 6.07) is 5.57. The number of aromatic nitrogens is 1. The zero-order chi connectivity index (χ0) is 16.6. The number of hydrogen-bond donors (Lipinski definition) is 1. The summed E-state index contributed by atoms with van der Waals surface area (Å²) in [5, 5.41) is 6.97. The number of piperidine rings is 1. The van der Waals surface area contributed by atoms with Crippen molar-refractivity contribution in [1.29, 1.82) is 0 Å². The topological polar surface area (TPSA) is 62.3 Å². The van der Waals surface area contributed by atoms with E-state index in [0.717, 1.165) is 37.9 Å². The standard InChI is InChI=1S/C18H19N3O2S/c22-16(13-1-6-19-7-2-13)20-15-11-18(15)4-8-21(9-5-18)17(23)14-3-10-24-12-14/h1-3,6-7,10,12,15H,4-5,8-9,11H2,(H,20,22). The molecule has 1 saturated heterocycles. The molecule has 2 aliphatic rings. The highest BCUT2D eigenvalue weighted by Gasteiger charge is 2.55. The highest BCUT2D eigenvalue weighted by molar-refractivity contribution is 7.08. The second-order valence-electron chi connectivity index (χ2n) is 6.63. The van der Waals surface area contributed by atoms with Crippen LogP contribution in [-0.2, 0) is 0 Å². The van der Waals surface area contributed by atoms with Gasteiger partial charge in [-0.15, -0.1) is 0 Å². The van der Waals surface area contributed by atoms with Gasteiger partial charge in [-0.1, -0.05) is 0 Å². The molecular formula is C18H19N3O2S. The Morgan fingerprint density at radius 1 is 1.17 bits per heavy atom. The van der Waals surface area contributed by atoms with Crippen LogP contribution in [0, 0.1) is 5.41 Å². The molecule has 2 amide bonds. The lowest BCUT2D eigenvalue weighted by molar-refractivity contribution is 0.0668. The van der Waals surface area contributed by atoms with Crippen LogP contribution in [0.1, 0.15) is 40.0 Å². The quantitative estimate of drug-likeness (QED) is 0.933. The largest absolute Gasteiger partial charge is 0.349 e. The molecule has 6 heteroatoms. The molecule has 0 bridgehead atoms. The van der Waals surface area contributed by atoms with Crippen molar-refractivity contribution in [2.24, 2.45) is 5.41 Å². The van der Waals surface area contributed by atoms with Crippen LogP contribution in [0.3, 0.4) is 0 Å². The maximum absolute atomic E-state index is 12.4. The van der Waals surface area contributed by atoms with Crippen LogP contribution >= 0.6 is 11.3 Å². The van der Waals surface area contributed by atoms with Gasteiger partial charge in [0.1, 0.15) is 0 Å². The monoisotopic (exact) mass is 341 g/mol. The first-order chi connectivity index (χ1) is 11.7. The predicted octanol–water partition coefficient (Wildman–Crippen LogP) is 2.57. The van der Waals surface area contributed by atoms with Gasteiger partial charge in [0.2, 0.25) is 0 Å². The summed E-state index contributed by atoms with van der Waals surface area (Å²) >= 11 is 1.55. The number of carbonyl (C=O) groups is 2. The number of hydrogen-bond acceptors (Lipinski definition) is 4. The minimum atomic E-state index is -0.0314. The molecule has 1 aliphatic heterocycles. The second kappa shape index (κ2) is 6.02. The van der Waals surface area contributed by atoms with E-state index in [9.17, 15) is 9.59 Å². The number of nitrogens with zero attached hydrogens (tertiary/aromatic N) is 2. The average molecular weight is 341 g/mol. The van der Waals surface area contributed by atoms with Gasteiger partial charge >= 0.3 is 0 Å². The number of carbonyl (C=O) groups excluding carboxylic acids is 2. The lowest BCUT2D eigenvalue weighted by Crippen LogP contribution is -2.41. The zero-order valence-corrected chi connectivity index (χ0v) is 14.1. The molecule has 2 aromatic rings. The van der Waals surface area contributed by atoms with Gasteiger partial charge in [0.05, 0.1) is 5.56 Å². The van der Waals surface area contributed by atoms with Crippen LogP contribution in [0.15, 0.2) is 41.4 Å². The van der Waals surface area contributed by atoms with Gasteiger partial charge in [-0.25, -0.2) is 0 Å². The fourth-order valence-electron chi connectivity index (χ4n) is 3.57. The highest BCUT2D eigenvalue weighted by Crippen LogP contribution is 2.54. The summed E-state index contributed by atoms with van der Waals surface area (Å²) in [6.07, 6.45) is 6.21. The van der Waals surface area contributed by atoms with Gasteiger partial charge < -0.3 is 10.2 Å². The number of thiophene rings is 1. The Kier molecular flexibility index (Phi) is 3.84. The Hall–Kier alpha value is -2.21. The third kappa shape index (κ3) is 2.82. The molecule has 0 radical (unpaired) electrons. The first-order valence-electron chi connectivity index (χ1n) is 8.20. The fraction of sp³-hybridized carbons (Fsp3) is 0.389. The second-order valence-corrected chi connectivity index (χ2v) is 7.41. The Morgan fingerprint density at radius 2 is 1.92 bits per heavy atom. The van der Waals surface area contributed by atoms with Crippen molar-refractivity contribution >= 4 is 23.2 Å². The molecule has 1 saturated carbocycles. The van der Waals surface area contributed by atoms with Crippen molar-refractivity contribution in [1.82, 2.24) is 15.2 Å². The Labute approximate surface area is 144 Å². The van der Waals surface area contributed by atoms with E-state index in [0.29, 0.717) is 5.56 Å². The molecule has 5 nitrogen and oxygen atoms in total. The molecule has 2 fully saturated rings. The Bertz CT molecular complexity index is 737. The minimum absolute atomic E-state index is 0.0314. The summed E-state index contributed by atoms with van der Waals surface area (Å²) in [6.45, 7) is 1.55. The molecule has 1 spiro atoms. The molecule has 24 heavy (non-hydrogen) atoms. The summed E-state index contributed by atoms with van der Waals surface area (Å²) in [7, 11) is 0. The van der Waals surface area contributed by atoms with E-state index in [2.05, 4.69) is 10.3 Å². The van der Waals surface area contributed by atoms with E-state index in [-0.39, 0.29) is 23.3 Å². The lowest BCUT2D eigenvalue weighted by atomic mass is 9.92. The van der Waals surface area contributed by atoms with Gasteiger partial charge in [-0.3, -0.25) is 14.6 Å². The summed E-state index contributed by atoms with van der Waals surface area (Å²) in [4.78, 5) is 30.5. The molecule has 1 N–H and O–H groups in total. The normalized spacial score (nSPS) is 21.5. The molecule has 1 atom stereocenters. The van der Waals surface area contributed by atoms with Crippen LogP contribution in [0.4, 0.5) is 0 Å². The smallest absolute Gasteiger partial charge is 0.254 e. The summed E-state index contributed by atoms with van der Waals surface area (Å²) < 4.78 is 0. The van der Waals surface area contributed by atoms with E-state index in [1.165, 1.54) is 0 Å². The third-order valence-corrected chi connectivity index (χ3v) is 5.94. The van der Waals surface area contributed by atoms with Crippen molar-refractivity contribution in [2.75, 3.05) is 13.1 Å². The van der Waals surface area contributed by atoms with Crippen molar-refractivity contribution in [3.63, 3.8) is 0 Å².